The Hall–Kier alpha value is -3.89. The van der Waals surface area contributed by atoms with Crippen LogP contribution in [-0.2, 0) is 11.8 Å². The lowest BCUT2D eigenvalue weighted by atomic mass is 9.94. The predicted octanol–water partition coefficient (Wildman–Crippen LogP) is 6.36. The van der Waals surface area contributed by atoms with Crippen LogP contribution in [0.3, 0.4) is 0 Å². The molecule has 2 aromatic carbocycles. The van der Waals surface area contributed by atoms with Gasteiger partial charge in [0.25, 0.3) is 0 Å². The van der Waals surface area contributed by atoms with Gasteiger partial charge >= 0.3 is 0 Å². The van der Waals surface area contributed by atoms with E-state index in [0.29, 0.717) is 18.7 Å². The number of benzene rings is 2. The summed E-state index contributed by atoms with van der Waals surface area (Å²) in [6.07, 6.45) is 4.70. The van der Waals surface area contributed by atoms with Crippen molar-refractivity contribution < 1.29 is 9.26 Å². The standard InChI is InChI=1S/C29H31N5O2/c1-19-27-25-11-8-21(23-16-31-33(5)17-23)14-26(25)34(24-9-6-20(15-30)7-10-24)18-22(28(27)36-32-19)12-13-35-29(2,3)4/h6-11,14,16-17,22H,12-13,18H2,1-5H3. The molecular weight excluding hydrogens is 450 g/mol. The fourth-order valence-electron chi connectivity index (χ4n) is 4.80. The molecule has 5 rings (SSSR count). The molecule has 184 valence electrons. The topological polar surface area (TPSA) is 80.1 Å². The maximum absolute atomic E-state index is 9.33. The van der Waals surface area contributed by atoms with Crippen molar-refractivity contribution >= 4 is 11.4 Å². The predicted molar refractivity (Wildman–Crippen MR) is 140 cm³/mol. The van der Waals surface area contributed by atoms with E-state index in [9.17, 15) is 5.26 Å². The van der Waals surface area contributed by atoms with E-state index in [-0.39, 0.29) is 11.5 Å². The molecule has 0 bridgehead atoms. The average molecular weight is 482 g/mol. The first-order chi connectivity index (χ1) is 17.2. The van der Waals surface area contributed by atoms with E-state index < -0.39 is 0 Å². The number of hydrogen-bond acceptors (Lipinski definition) is 6. The minimum absolute atomic E-state index is 0.0773. The monoisotopic (exact) mass is 481 g/mol. The molecule has 0 saturated carbocycles. The zero-order valence-corrected chi connectivity index (χ0v) is 21.4. The molecule has 0 aliphatic carbocycles. The Balaban J connectivity index is 1.64. The van der Waals surface area contributed by atoms with Gasteiger partial charge in [-0.25, -0.2) is 0 Å². The van der Waals surface area contributed by atoms with Gasteiger partial charge in [-0.1, -0.05) is 17.3 Å². The van der Waals surface area contributed by atoms with Crippen LogP contribution in [0.15, 0.2) is 59.4 Å². The first-order valence-corrected chi connectivity index (χ1v) is 12.2. The summed E-state index contributed by atoms with van der Waals surface area (Å²) in [6, 6.07) is 16.5. The van der Waals surface area contributed by atoms with Crippen molar-refractivity contribution in [3.8, 4) is 28.3 Å². The van der Waals surface area contributed by atoms with Gasteiger partial charge in [0.2, 0.25) is 0 Å². The highest BCUT2D eigenvalue weighted by Crippen LogP contribution is 2.47. The zero-order chi connectivity index (χ0) is 25.4. The summed E-state index contributed by atoms with van der Waals surface area (Å²) >= 11 is 0. The Morgan fingerprint density at radius 2 is 1.92 bits per heavy atom. The number of nitriles is 1. The van der Waals surface area contributed by atoms with Gasteiger partial charge in [0.1, 0.15) is 5.76 Å². The van der Waals surface area contributed by atoms with Crippen LogP contribution in [0.25, 0.3) is 22.3 Å². The number of rotatable bonds is 5. The molecule has 0 fully saturated rings. The molecule has 0 N–H and O–H groups in total. The highest BCUT2D eigenvalue weighted by atomic mass is 16.5. The second-order valence-corrected chi connectivity index (χ2v) is 10.4. The van der Waals surface area contributed by atoms with E-state index in [4.69, 9.17) is 9.26 Å². The van der Waals surface area contributed by atoms with Crippen LogP contribution in [0.5, 0.6) is 0 Å². The number of hydrogen-bond donors (Lipinski definition) is 0. The van der Waals surface area contributed by atoms with Crippen LogP contribution in [0.1, 0.15) is 50.1 Å². The van der Waals surface area contributed by atoms with E-state index in [1.165, 1.54) is 0 Å². The molecule has 7 nitrogen and oxygen atoms in total. The van der Waals surface area contributed by atoms with Crippen LogP contribution < -0.4 is 4.90 Å². The van der Waals surface area contributed by atoms with Crippen molar-refractivity contribution in [1.29, 1.82) is 5.26 Å². The number of fused-ring (bicyclic) bond motifs is 3. The van der Waals surface area contributed by atoms with E-state index in [0.717, 1.165) is 51.5 Å². The van der Waals surface area contributed by atoms with Crippen molar-refractivity contribution in [2.45, 2.75) is 45.6 Å². The van der Waals surface area contributed by atoms with Gasteiger partial charge < -0.3 is 14.2 Å². The van der Waals surface area contributed by atoms with Crippen LogP contribution in [0.2, 0.25) is 0 Å². The van der Waals surface area contributed by atoms with Crippen molar-refractivity contribution in [2.24, 2.45) is 7.05 Å². The fraction of sp³-hybridized carbons (Fsp3) is 0.345. The third kappa shape index (κ3) is 4.65. The van der Waals surface area contributed by atoms with Gasteiger partial charge in [0.05, 0.1) is 29.1 Å². The highest BCUT2D eigenvalue weighted by molar-refractivity contribution is 5.89. The van der Waals surface area contributed by atoms with Gasteiger partial charge in [-0.05, 0) is 70.0 Å². The Kier molecular flexibility index (Phi) is 6.15. The van der Waals surface area contributed by atoms with E-state index in [1.54, 1.807) is 0 Å². The minimum Gasteiger partial charge on any atom is -0.376 e. The molecule has 1 aliphatic rings. The maximum atomic E-state index is 9.33. The van der Waals surface area contributed by atoms with Crippen molar-refractivity contribution in [1.82, 2.24) is 14.9 Å². The van der Waals surface area contributed by atoms with Crippen LogP contribution >= 0.6 is 0 Å². The van der Waals surface area contributed by atoms with Gasteiger partial charge in [-0.15, -0.1) is 0 Å². The number of ether oxygens (including phenoxy) is 1. The quantitative estimate of drug-likeness (QED) is 0.330. The lowest BCUT2D eigenvalue weighted by molar-refractivity contribution is -0.00668. The molecule has 7 heteroatoms. The summed E-state index contributed by atoms with van der Waals surface area (Å²) in [5, 5.41) is 18.1. The van der Waals surface area contributed by atoms with Gasteiger partial charge in [0, 0.05) is 60.4 Å². The van der Waals surface area contributed by atoms with Crippen molar-refractivity contribution in [2.75, 3.05) is 18.1 Å². The zero-order valence-electron chi connectivity index (χ0n) is 21.4. The minimum atomic E-state index is -0.209. The van der Waals surface area contributed by atoms with Gasteiger partial charge in [0.15, 0.2) is 0 Å². The van der Waals surface area contributed by atoms with E-state index in [1.807, 2.05) is 55.3 Å². The van der Waals surface area contributed by atoms with Crippen molar-refractivity contribution in [3.63, 3.8) is 0 Å². The normalized spacial score (nSPS) is 15.2. The van der Waals surface area contributed by atoms with Crippen LogP contribution in [0, 0.1) is 18.3 Å². The molecule has 4 aromatic rings. The third-order valence-electron chi connectivity index (χ3n) is 6.57. The number of nitrogens with zero attached hydrogens (tertiary/aromatic N) is 5. The smallest absolute Gasteiger partial charge is 0.149 e. The summed E-state index contributed by atoms with van der Waals surface area (Å²) in [7, 11) is 1.92. The summed E-state index contributed by atoms with van der Waals surface area (Å²) in [5.74, 6) is 0.977. The van der Waals surface area contributed by atoms with E-state index in [2.05, 4.69) is 60.2 Å². The molecule has 36 heavy (non-hydrogen) atoms. The molecule has 0 amide bonds. The Labute approximate surface area is 211 Å². The lowest BCUT2D eigenvalue weighted by Crippen LogP contribution is -2.25. The number of aromatic nitrogens is 3. The first-order valence-electron chi connectivity index (χ1n) is 12.2. The molecule has 0 spiro atoms. The Bertz CT molecular complexity index is 1420. The largest absolute Gasteiger partial charge is 0.376 e. The molecular formula is C29H31N5O2. The SMILES string of the molecule is Cc1noc2c1-c1ccc(-c3cnn(C)c3)cc1N(c1ccc(C#N)cc1)CC2CCOC(C)(C)C. The molecule has 0 saturated heterocycles. The van der Waals surface area contributed by atoms with Gasteiger partial charge in [-0.2, -0.15) is 10.4 Å². The molecule has 0 radical (unpaired) electrons. The Morgan fingerprint density at radius 1 is 1.14 bits per heavy atom. The van der Waals surface area contributed by atoms with Crippen LogP contribution in [-0.4, -0.2) is 33.7 Å². The maximum Gasteiger partial charge on any atom is 0.149 e. The molecule has 1 aliphatic heterocycles. The second-order valence-electron chi connectivity index (χ2n) is 10.4. The third-order valence-corrected chi connectivity index (χ3v) is 6.57. The van der Waals surface area contributed by atoms with Gasteiger partial charge in [-0.3, -0.25) is 4.68 Å². The molecule has 1 atom stereocenters. The molecule has 3 heterocycles. The summed E-state index contributed by atoms with van der Waals surface area (Å²) in [5.41, 5.74) is 7.69. The first kappa shape index (κ1) is 23.8. The van der Waals surface area contributed by atoms with Crippen molar-refractivity contribution in [3.05, 3.63) is 71.9 Å². The summed E-state index contributed by atoms with van der Waals surface area (Å²) in [4.78, 5) is 2.33. The van der Waals surface area contributed by atoms with Crippen LogP contribution in [0.4, 0.5) is 11.4 Å². The fourth-order valence-corrected chi connectivity index (χ4v) is 4.80. The average Bonchev–Trinajstić information content (AvgIpc) is 3.42. The highest BCUT2D eigenvalue weighted by Gasteiger charge is 2.33. The van der Waals surface area contributed by atoms with E-state index >= 15 is 0 Å². The Morgan fingerprint density at radius 3 is 2.58 bits per heavy atom. The summed E-state index contributed by atoms with van der Waals surface area (Å²) in [6.45, 7) is 9.53. The number of anilines is 2. The lowest BCUT2D eigenvalue weighted by Gasteiger charge is -2.29. The molecule has 2 aromatic heterocycles. The number of aryl methyl sites for hydroxylation is 2. The summed E-state index contributed by atoms with van der Waals surface area (Å²) < 4.78 is 13.9. The molecule has 1 unspecified atom stereocenters. The second kappa shape index (κ2) is 9.29.